The van der Waals surface area contributed by atoms with Gasteiger partial charge in [0.2, 0.25) is 0 Å². The number of hydrogen-bond donors (Lipinski definition) is 8. The van der Waals surface area contributed by atoms with Crippen molar-refractivity contribution < 1.29 is 49.1 Å². The molecule has 3 atom stereocenters. The number of rotatable bonds is 19. The fourth-order valence-electron chi connectivity index (χ4n) is 13.1. The molecule has 16 bridgehead atoms. The minimum atomic E-state index is -0.947. The van der Waals surface area contributed by atoms with Crippen molar-refractivity contribution in [1.29, 1.82) is 0 Å². The molecule has 6 aromatic rings. The van der Waals surface area contributed by atoms with Gasteiger partial charge in [-0.2, -0.15) is 0 Å². The number of carbonyl (C=O) groups is 4. The number of aryl methyl sites for hydroxylation is 5. The van der Waals surface area contributed by atoms with Gasteiger partial charge in [0, 0.05) is 93.6 Å². The minimum absolute atomic E-state index is 0.0940. The zero-order chi connectivity index (χ0) is 62.6. The second kappa shape index (κ2) is 24.4. The van der Waals surface area contributed by atoms with Gasteiger partial charge in [-0.3, -0.25) is 19.2 Å². The number of nitrogens with one attached hydrogen (secondary N) is 4. The van der Waals surface area contributed by atoms with E-state index in [0.29, 0.717) is 45.6 Å². The monoisotopic (exact) mass is 1180 g/mol. The van der Waals surface area contributed by atoms with E-state index in [2.05, 4.69) is 59.8 Å². The highest BCUT2D eigenvalue weighted by molar-refractivity contribution is 5.99. The minimum Gasteiger partial charge on any atom is -0.481 e. The summed E-state index contributed by atoms with van der Waals surface area (Å²) in [5, 5.41) is 39.6. The molecule has 0 amide bonds. The SMILES string of the molecule is CCc1c(C)c2cc3nc(cc4nc(cc5[nH]c(cc1[nH]2)c(C)c5C(C)OC(C)c1c(C)c2cc5[nH]c(cc6nc(cc7nc(cc1[nH]2)C(C)=C7CCC(=O)O)C(CCC(=O)O)=C6C)c(C)c5C(C)OC)C(C)=C4CCC(=O)O)C(CCC(=O)O)=C3C. The fraction of sp³-hybridized carbons (Fsp3) is 0.362. The van der Waals surface area contributed by atoms with Crippen molar-refractivity contribution in [3.8, 4) is 0 Å². The molecule has 0 radical (unpaired) electrons. The Morgan fingerprint density at radius 2 is 0.667 bits per heavy atom. The Labute approximate surface area is 504 Å². The summed E-state index contributed by atoms with van der Waals surface area (Å²) < 4.78 is 13.3. The number of nitrogens with zero attached hydrogens (tertiary/aromatic N) is 4. The van der Waals surface area contributed by atoms with Crippen LogP contribution in [-0.2, 0) is 35.1 Å². The Morgan fingerprint density at radius 1 is 0.391 bits per heavy atom. The molecule has 18 nitrogen and oxygen atoms in total. The first kappa shape index (κ1) is 61.1. The summed E-state index contributed by atoms with van der Waals surface area (Å²) in [5.74, 6) is -3.75. The third-order valence-electron chi connectivity index (χ3n) is 18.0. The van der Waals surface area contributed by atoms with E-state index >= 15 is 0 Å². The fourth-order valence-corrected chi connectivity index (χ4v) is 13.1. The number of carboxylic acids is 4. The van der Waals surface area contributed by atoms with Crippen LogP contribution in [0.15, 0.2) is 48.5 Å². The van der Waals surface area contributed by atoms with Crippen LogP contribution >= 0.6 is 0 Å². The Kier molecular flexibility index (Phi) is 17.1. The number of ether oxygens (including phenoxy) is 2. The molecule has 0 fully saturated rings. The van der Waals surface area contributed by atoms with Crippen molar-refractivity contribution in [1.82, 2.24) is 39.9 Å². The highest BCUT2D eigenvalue weighted by Crippen LogP contribution is 2.43. The number of methoxy groups -OCH3 is 1. The molecule has 18 heteroatoms. The lowest BCUT2D eigenvalue weighted by molar-refractivity contribution is -0.137. The lowest BCUT2D eigenvalue weighted by Gasteiger charge is -2.21. The smallest absolute Gasteiger partial charge is 0.303 e. The van der Waals surface area contributed by atoms with Gasteiger partial charge in [0.15, 0.2) is 0 Å². The first-order valence-corrected chi connectivity index (χ1v) is 29.7. The number of H-pyrrole nitrogens is 4. The number of carboxylic acid groups (broad SMARTS) is 4. The molecule has 0 aliphatic carbocycles. The molecule has 10 rings (SSSR count). The van der Waals surface area contributed by atoms with Crippen LogP contribution in [0.4, 0.5) is 0 Å². The molecule has 4 aliphatic heterocycles. The van der Waals surface area contributed by atoms with Crippen LogP contribution in [-0.4, -0.2) is 91.3 Å². The van der Waals surface area contributed by atoms with Crippen LogP contribution in [0.5, 0.6) is 0 Å². The average Bonchev–Trinajstić information content (AvgIpc) is 1.77. The van der Waals surface area contributed by atoms with Gasteiger partial charge in [-0.05, 0) is 229 Å². The number of allylic oxidation sites excluding steroid dienone is 8. The molecule has 87 heavy (non-hydrogen) atoms. The van der Waals surface area contributed by atoms with Crippen molar-refractivity contribution >= 4 is 113 Å². The predicted octanol–water partition coefficient (Wildman–Crippen LogP) is 15.5. The zero-order valence-corrected chi connectivity index (χ0v) is 51.7. The Balaban J connectivity index is 1.20. The Morgan fingerprint density at radius 3 is 0.989 bits per heavy atom. The van der Waals surface area contributed by atoms with Crippen molar-refractivity contribution in [2.24, 2.45) is 0 Å². The number of aromatic nitrogens is 8. The largest absolute Gasteiger partial charge is 0.481 e. The van der Waals surface area contributed by atoms with Gasteiger partial charge in [0.05, 0.1) is 63.9 Å². The van der Waals surface area contributed by atoms with Gasteiger partial charge in [-0.1, -0.05) is 6.92 Å². The molecular weight excluding hydrogens is 1100 g/mol. The van der Waals surface area contributed by atoms with Crippen molar-refractivity contribution in [2.75, 3.05) is 7.11 Å². The van der Waals surface area contributed by atoms with Crippen molar-refractivity contribution in [3.63, 3.8) is 0 Å². The van der Waals surface area contributed by atoms with Crippen LogP contribution in [0.25, 0.3) is 88.7 Å². The predicted molar refractivity (Wildman–Crippen MR) is 341 cm³/mol. The van der Waals surface area contributed by atoms with E-state index in [4.69, 9.17) is 29.4 Å². The maximum absolute atomic E-state index is 12.2. The maximum Gasteiger partial charge on any atom is 0.303 e. The number of aliphatic carboxylic acids is 4. The first-order chi connectivity index (χ1) is 41.3. The molecule has 6 aromatic heterocycles. The summed E-state index contributed by atoms with van der Waals surface area (Å²) in [4.78, 5) is 84.0. The van der Waals surface area contributed by atoms with E-state index in [1.807, 2.05) is 91.8 Å². The van der Waals surface area contributed by atoms with Crippen LogP contribution in [0.1, 0.15) is 215 Å². The molecular formula is C69H76N8O10. The van der Waals surface area contributed by atoms with Gasteiger partial charge < -0.3 is 49.8 Å². The molecule has 0 aromatic carbocycles. The first-order valence-electron chi connectivity index (χ1n) is 29.7. The van der Waals surface area contributed by atoms with Gasteiger partial charge in [-0.15, -0.1) is 0 Å². The molecule has 0 saturated carbocycles. The lowest BCUT2D eigenvalue weighted by Crippen LogP contribution is -2.07. The standard InChI is InChI=1S/C69H76N8O10/c1-14-42-31(2)47-23-48-32(3)43(15-19-63(78)79)56(71-48)29-58-45(17-21-65(82)83)34(5)50(73-58)26-61-68(37(8)53(76-61)25-55(42)70-47)40(11)87-41(12)69-38(9)54-28-60-67(39(10)86-13)36(7)52(75-60)24-49-33(4)44(16-20-64(80)81)57(72-49)30-59-46(18-22-66(84)85)35(6)51(74-59)27-62(69)77-54/h23-30,39-41,70,75-77H,14-22H2,1-13H3,(H,78,79)(H,80,81)(H,82,83)(H,84,85). The van der Waals surface area contributed by atoms with Crippen molar-refractivity contribution in [3.05, 3.63) is 139 Å². The molecule has 8 N–H and O–H groups in total. The molecule has 4 aliphatic rings. The van der Waals surface area contributed by atoms with E-state index in [0.717, 1.165) is 140 Å². The van der Waals surface area contributed by atoms with E-state index < -0.39 is 36.1 Å². The third-order valence-corrected chi connectivity index (χ3v) is 18.0. The topological polar surface area (TPSA) is 282 Å². The number of fused-ring (bicyclic) bond motifs is 16. The Hall–Kier alpha value is -9.00. The summed E-state index contributed by atoms with van der Waals surface area (Å²) in [5.41, 5.74) is 25.6. The molecule has 3 unspecified atom stereocenters. The maximum atomic E-state index is 12.2. The van der Waals surface area contributed by atoms with Gasteiger partial charge in [0.1, 0.15) is 0 Å². The van der Waals surface area contributed by atoms with Crippen LogP contribution < -0.4 is 0 Å². The van der Waals surface area contributed by atoms with Crippen LogP contribution in [0, 0.1) is 27.7 Å². The molecule has 0 spiro atoms. The summed E-state index contributed by atoms with van der Waals surface area (Å²) >= 11 is 0. The van der Waals surface area contributed by atoms with Gasteiger partial charge in [-0.25, -0.2) is 19.9 Å². The van der Waals surface area contributed by atoms with E-state index in [1.54, 1.807) is 7.11 Å². The third kappa shape index (κ3) is 11.9. The lowest BCUT2D eigenvalue weighted by atomic mass is 9.98. The van der Waals surface area contributed by atoms with Crippen molar-refractivity contribution in [2.45, 2.75) is 159 Å². The van der Waals surface area contributed by atoms with Gasteiger partial charge in [0.25, 0.3) is 0 Å². The second-order valence-corrected chi connectivity index (χ2v) is 23.4. The average molecular weight is 1180 g/mol. The molecule has 0 saturated heterocycles. The number of hydrogen-bond acceptors (Lipinski definition) is 10. The summed E-state index contributed by atoms with van der Waals surface area (Å²) in [6.07, 6.45) is -0.239. The molecule has 10 heterocycles. The van der Waals surface area contributed by atoms with E-state index in [-0.39, 0.29) is 57.5 Å². The van der Waals surface area contributed by atoms with Crippen LogP contribution in [0.2, 0.25) is 0 Å². The second-order valence-electron chi connectivity index (χ2n) is 23.4. The Bertz CT molecular complexity index is 4410. The van der Waals surface area contributed by atoms with Crippen LogP contribution in [0.3, 0.4) is 0 Å². The highest BCUT2D eigenvalue weighted by Gasteiger charge is 2.28. The van der Waals surface area contributed by atoms with Gasteiger partial charge >= 0.3 is 23.9 Å². The summed E-state index contributed by atoms with van der Waals surface area (Å²) in [6.45, 7) is 24.3. The highest BCUT2D eigenvalue weighted by atomic mass is 16.5. The summed E-state index contributed by atoms with van der Waals surface area (Å²) in [6, 6.07) is 16.0. The summed E-state index contributed by atoms with van der Waals surface area (Å²) in [7, 11) is 1.68. The van der Waals surface area contributed by atoms with E-state index in [1.165, 1.54) is 0 Å². The molecule has 452 valence electrons. The normalized spacial score (nSPS) is 14.6. The number of aromatic amines is 4. The van der Waals surface area contributed by atoms with E-state index in [9.17, 15) is 39.6 Å². The zero-order valence-electron chi connectivity index (χ0n) is 51.7. The quantitative estimate of drug-likeness (QED) is 0.0374.